The van der Waals surface area contributed by atoms with E-state index in [0.717, 1.165) is 25.7 Å². The molecule has 0 spiro atoms. The third-order valence-electron chi connectivity index (χ3n) is 2.86. The molecule has 0 N–H and O–H groups in total. The van der Waals surface area contributed by atoms with Crippen molar-refractivity contribution in [2.45, 2.75) is 77.4 Å². The molecule has 0 radical (unpaired) electrons. The van der Waals surface area contributed by atoms with Crippen LogP contribution in [0.3, 0.4) is 0 Å². The highest BCUT2D eigenvalue weighted by molar-refractivity contribution is 5.12. The Bertz CT molecular complexity index is 278. The van der Waals surface area contributed by atoms with E-state index in [4.69, 9.17) is 4.74 Å². The standard InChI is InChI=1S/C16H24O/c1-3-5-7-9-11-15-13-14-16(17-15)12-10-8-6-4-2/h15-16H,3-8,13-14H2,1-2H3. The van der Waals surface area contributed by atoms with Crippen molar-refractivity contribution in [1.29, 1.82) is 0 Å². The summed E-state index contributed by atoms with van der Waals surface area (Å²) in [4.78, 5) is 0. The lowest BCUT2D eigenvalue weighted by atomic mass is 10.2. The molecule has 1 nitrogen and oxygen atoms in total. The molecule has 17 heavy (non-hydrogen) atoms. The lowest BCUT2D eigenvalue weighted by Gasteiger charge is -2.02. The second-order valence-corrected chi connectivity index (χ2v) is 4.54. The van der Waals surface area contributed by atoms with Gasteiger partial charge in [-0.15, -0.1) is 11.8 Å². The first-order valence-corrected chi connectivity index (χ1v) is 6.99. The molecule has 1 fully saturated rings. The first-order chi connectivity index (χ1) is 8.36. The van der Waals surface area contributed by atoms with Gasteiger partial charge in [-0.05, 0) is 25.7 Å². The fraction of sp³-hybridized carbons (Fsp3) is 0.750. The Morgan fingerprint density at radius 3 is 1.76 bits per heavy atom. The van der Waals surface area contributed by atoms with Crippen LogP contribution < -0.4 is 0 Å². The van der Waals surface area contributed by atoms with Gasteiger partial charge >= 0.3 is 0 Å². The summed E-state index contributed by atoms with van der Waals surface area (Å²) in [6, 6.07) is 0. The topological polar surface area (TPSA) is 9.23 Å². The first kappa shape index (κ1) is 14.1. The van der Waals surface area contributed by atoms with Crippen molar-refractivity contribution in [1.82, 2.24) is 0 Å². The Balaban J connectivity index is 2.21. The van der Waals surface area contributed by atoms with Crippen LogP contribution in [0.15, 0.2) is 0 Å². The summed E-state index contributed by atoms with van der Waals surface area (Å²) in [5, 5.41) is 0. The van der Waals surface area contributed by atoms with Crippen LogP contribution in [-0.2, 0) is 4.74 Å². The molecule has 94 valence electrons. The minimum atomic E-state index is 0.136. The fourth-order valence-electron chi connectivity index (χ4n) is 1.75. The van der Waals surface area contributed by atoms with Gasteiger partial charge in [-0.1, -0.05) is 38.5 Å². The van der Waals surface area contributed by atoms with Crippen LogP contribution in [0.25, 0.3) is 0 Å². The summed E-state index contributed by atoms with van der Waals surface area (Å²) in [5.74, 6) is 12.8. The Labute approximate surface area is 106 Å². The quantitative estimate of drug-likeness (QED) is 0.527. The number of hydrogen-bond acceptors (Lipinski definition) is 1. The Kier molecular flexibility index (Phi) is 7.61. The lowest BCUT2D eigenvalue weighted by molar-refractivity contribution is 0.112. The molecule has 0 amide bonds. The predicted octanol–water partition coefficient (Wildman–Crippen LogP) is 3.92. The second kappa shape index (κ2) is 9.15. The molecule has 0 bridgehead atoms. The summed E-state index contributed by atoms with van der Waals surface area (Å²) in [6.07, 6.45) is 9.19. The summed E-state index contributed by atoms with van der Waals surface area (Å²) < 4.78 is 5.77. The van der Waals surface area contributed by atoms with E-state index in [0.29, 0.717) is 0 Å². The van der Waals surface area contributed by atoms with Gasteiger partial charge in [0.25, 0.3) is 0 Å². The maximum absolute atomic E-state index is 5.77. The summed E-state index contributed by atoms with van der Waals surface area (Å²) in [5.41, 5.74) is 0. The zero-order valence-electron chi connectivity index (χ0n) is 11.2. The third-order valence-corrected chi connectivity index (χ3v) is 2.86. The van der Waals surface area contributed by atoms with Crippen molar-refractivity contribution in [3.8, 4) is 23.7 Å². The lowest BCUT2D eigenvalue weighted by Crippen LogP contribution is -2.06. The minimum Gasteiger partial charge on any atom is -0.350 e. The molecule has 1 rings (SSSR count). The van der Waals surface area contributed by atoms with Gasteiger partial charge in [-0.25, -0.2) is 0 Å². The van der Waals surface area contributed by atoms with Gasteiger partial charge in [-0.3, -0.25) is 0 Å². The molecular weight excluding hydrogens is 208 g/mol. The SMILES string of the molecule is CCCCC#CC1CCC(C#CCCCC)O1. The third kappa shape index (κ3) is 6.40. The van der Waals surface area contributed by atoms with Crippen molar-refractivity contribution < 1.29 is 4.74 Å². The largest absolute Gasteiger partial charge is 0.350 e. The van der Waals surface area contributed by atoms with Crippen molar-refractivity contribution in [3.63, 3.8) is 0 Å². The molecule has 1 heteroatoms. The van der Waals surface area contributed by atoms with Crippen LogP contribution in [0.5, 0.6) is 0 Å². The maximum Gasteiger partial charge on any atom is 0.120 e. The highest BCUT2D eigenvalue weighted by Crippen LogP contribution is 2.18. The van der Waals surface area contributed by atoms with Crippen LogP contribution in [0.1, 0.15) is 65.2 Å². The van der Waals surface area contributed by atoms with E-state index < -0.39 is 0 Å². The van der Waals surface area contributed by atoms with Gasteiger partial charge in [0.2, 0.25) is 0 Å². The van der Waals surface area contributed by atoms with Crippen LogP contribution in [0.4, 0.5) is 0 Å². The minimum absolute atomic E-state index is 0.136. The highest BCUT2D eigenvalue weighted by Gasteiger charge is 2.21. The van der Waals surface area contributed by atoms with E-state index in [-0.39, 0.29) is 12.2 Å². The molecule has 2 atom stereocenters. The van der Waals surface area contributed by atoms with E-state index >= 15 is 0 Å². The molecule has 0 aliphatic carbocycles. The van der Waals surface area contributed by atoms with E-state index in [1.54, 1.807) is 0 Å². The smallest absolute Gasteiger partial charge is 0.120 e. The summed E-state index contributed by atoms with van der Waals surface area (Å²) in [6.45, 7) is 4.38. The van der Waals surface area contributed by atoms with Crippen molar-refractivity contribution in [2.24, 2.45) is 0 Å². The predicted molar refractivity (Wildman–Crippen MR) is 72.5 cm³/mol. The van der Waals surface area contributed by atoms with Gasteiger partial charge < -0.3 is 4.74 Å². The molecule has 2 unspecified atom stereocenters. The van der Waals surface area contributed by atoms with Gasteiger partial charge in [0.1, 0.15) is 12.2 Å². The summed E-state index contributed by atoms with van der Waals surface area (Å²) in [7, 11) is 0. The monoisotopic (exact) mass is 232 g/mol. The van der Waals surface area contributed by atoms with E-state index in [1.807, 2.05) is 0 Å². The Morgan fingerprint density at radius 1 is 0.882 bits per heavy atom. The number of hydrogen-bond donors (Lipinski definition) is 0. The average Bonchev–Trinajstić information content (AvgIpc) is 2.78. The zero-order chi connectivity index (χ0) is 12.3. The van der Waals surface area contributed by atoms with Gasteiger partial charge in [0.05, 0.1) is 0 Å². The van der Waals surface area contributed by atoms with E-state index in [9.17, 15) is 0 Å². The van der Waals surface area contributed by atoms with Crippen LogP contribution in [-0.4, -0.2) is 12.2 Å². The first-order valence-electron chi connectivity index (χ1n) is 6.99. The number of ether oxygens (including phenoxy) is 1. The number of unbranched alkanes of at least 4 members (excludes halogenated alkanes) is 4. The van der Waals surface area contributed by atoms with Gasteiger partial charge in [-0.2, -0.15) is 0 Å². The molecule has 1 aliphatic heterocycles. The van der Waals surface area contributed by atoms with Crippen LogP contribution >= 0.6 is 0 Å². The van der Waals surface area contributed by atoms with Gasteiger partial charge in [0, 0.05) is 12.8 Å². The number of rotatable bonds is 4. The Hall–Kier alpha value is -0.920. The molecule has 0 aromatic rings. The van der Waals surface area contributed by atoms with Crippen LogP contribution in [0.2, 0.25) is 0 Å². The highest BCUT2D eigenvalue weighted by atomic mass is 16.5. The zero-order valence-corrected chi connectivity index (χ0v) is 11.2. The fourth-order valence-corrected chi connectivity index (χ4v) is 1.75. The Morgan fingerprint density at radius 2 is 1.35 bits per heavy atom. The normalized spacial score (nSPS) is 22.5. The molecular formula is C16H24O. The van der Waals surface area contributed by atoms with E-state index in [2.05, 4.69) is 37.5 Å². The molecule has 0 saturated carbocycles. The molecule has 0 aromatic heterocycles. The van der Waals surface area contributed by atoms with Crippen LogP contribution in [0, 0.1) is 23.7 Å². The molecule has 1 saturated heterocycles. The van der Waals surface area contributed by atoms with Gasteiger partial charge in [0.15, 0.2) is 0 Å². The molecule has 0 aromatic carbocycles. The molecule has 1 aliphatic rings. The van der Waals surface area contributed by atoms with Crippen molar-refractivity contribution in [2.75, 3.05) is 0 Å². The molecule has 1 heterocycles. The van der Waals surface area contributed by atoms with Crippen molar-refractivity contribution in [3.05, 3.63) is 0 Å². The maximum atomic E-state index is 5.77. The van der Waals surface area contributed by atoms with E-state index in [1.165, 1.54) is 25.7 Å². The van der Waals surface area contributed by atoms with Crippen molar-refractivity contribution >= 4 is 0 Å². The second-order valence-electron chi connectivity index (χ2n) is 4.54. The average molecular weight is 232 g/mol. The summed E-state index contributed by atoms with van der Waals surface area (Å²) >= 11 is 0.